The molecule has 0 spiro atoms. The van der Waals surface area contributed by atoms with E-state index >= 15 is 0 Å². The minimum atomic E-state index is -0.367. The van der Waals surface area contributed by atoms with Crippen LogP contribution in [0.15, 0.2) is 78.9 Å². The Kier molecular flexibility index (Phi) is 6.17. The molecule has 0 aliphatic rings. The molecule has 0 unspecified atom stereocenters. The molecule has 0 aromatic heterocycles. The van der Waals surface area contributed by atoms with E-state index in [-0.39, 0.29) is 24.2 Å². The lowest BCUT2D eigenvalue weighted by molar-refractivity contribution is 0.0950. The molecule has 3 aromatic carbocycles. The molecular formula is C23H21FN2O2. The molecule has 0 aliphatic heterocycles. The van der Waals surface area contributed by atoms with Crippen molar-refractivity contribution >= 4 is 17.5 Å². The van der Waals surface area contributed by atoms with Gasteiger partial charge in [0, 0.05) is 35.5 Å². The van der Waals surface area contributed by atoms with E-state index in [2.05, 4.69) is 5.32 Å². The third-order valence-electron chi connectivity index (χ3n) is 4.40. The highest BCUT2D eigenvalue weighted by atomic mass is 19.1. The van der Waals surface area contributed by atoms with E-state index in [1.807, 2.05) is 37.3 Å². The molecule has 0 atom stereocenters. The summed E-state index contributed by atoms with van der Waals surface area (Å²) in [5.74, 6) is -0.911. The summed E-state index contributed by atoms with van der Waals surface area (Å²) in [6.45, 7) is 2.48. The summed E-state index contributed by atoms with van der Waals surface area (Å²) in [7, 11) is 0. The summed E-state index contributed by atoms with van der Waals surface area (Å²) in [4.78, 5) is 27.0. The summed E-state index contributed by atoms with van der Waals surface area (Å²) >= 11 is 0. The molecule has 0 aliphatic carbocycles. The van der Waals surface area contributed by atoms with E-state index in [9.17, 15) is 14.0 Å². The van der Waals surface area contributed by atoms with Crippen molar-refractivity contribution < 1.29 is 14.0 Å². The minimum Gasteiger partial charge on any atom is -0.348 e. The highest BCUT2D eigenvalue weighted by Crippen LogP contribution is 2.17. The molecule has 1 N–H and O–H groups in total. The SMILES string of the molecule is CCN(C(=O)c1cccc(C(=O)NCc2ccccc2F)c1)c1ccccc1. The molecule has 5 heteroatoms. The lowest BCUT2D eigenvalue weighted by atomic mass is 10.1. The van der Waals surface area contributed by atoms with Gasteiger partial charge in [-0.05, 0) is 43.3 Å². The molecule has 0 radical (unpaired) electrons. The molecule has 3 aromatic rings. The lowest BCUT2D eigenvalue weighted by Crippen LogP contribution is -2.31. The molecule has 0 saturated carbocycles. The predicted molar refractivity (Wildman–Crippen MR) is 108 cm³/mol. The second-order valence-electron chi connectivity index (χ2n) is 6.24. The highest BCUT2D eigenvalue weighted by molar-refractivity contribution is 6.07. The van der Waals surface area contributed by atoms with Gasteiger partial charge in [-0.2, -0.15) is 0 Å². The molecular weight excluding hydrogens is 355 g/mol. The first-order valence-electron chi connectivity index (χ1n) is 9.08. The Morgan fingerprint density at radius 2 is 1.57 bits per heavy atom. The van der Waals surface area contributed by atoms with Crippen molar-refractivity contribution in [3.05, 3.63) is 101 Å². The van der Waals surface area contributed by atoms with Crippen LogP contribution < -0.4 is 10.2 Å². The third kappa shape index (κ3) is 4.43. The Morgan fingerprint density at radius 1 is 0.893 bits per heavy atom. The summed E-state index contributed by atoms with van der Waals surface area (Å²) in [5, 5.41) is 2.69. The van der Waals surface area contributed by atoms with E-state index in [0.29, 0.717) is 23.2 Å². The van der Waals surface area contributed by atoms with Gasteiger partial charge in [0.05, 0.1) is 0 Å². The van der Waals surface area contributed by atoms with Crippen LogP contribution in [-0.2, 0) is 6.54 Å². The number of para-hydroxylation sites is 1. The lowest BCUT2D eigenvalue weighted by Gasteiger charge is -2.21. The van der Waals surface area contributed by atoms with Crippen LogP contribution in [0.2, 0.25) is 0 Å². The maximum absolute atomic E-state index is 13.7. The number of hydrogen-bond donors (Lipinski definition) is 1. The van der Waals surface area contributed by atoms with Gasteiger partial charge in [-0.3, -0.25) is 9.59 Å². The predicted octanol–water partition coefficient (Wildman–Crippen LogP) is 4.42. The average molecular weight is 376 g/mol. The standard InChI is InChI=1S/C23H21FN2O2/c1-2-26(20-12-4-3-5-13-20)23(28)18-11-8-10-17(15-18)22(27)25-16-19-9-6-7-14-21(19)24/h3-15H,2,16H2,1H3,(H,25,27). The second kappa shape index (κ2) is 8.95. The number of carbonyl (C=O) groups is 2. The van der Waals surface area contributed by atoms with E-state index < -0.39 is 0 Å². The van der Waals surface area contributed by atoms with Gasteiger partial charge in [0.2, 0.25) is 0 Å². The van der Waals surface area contributed by atoms with Crippen molar-refractivity contribution in [2.75, 3.05) is 11.4 Å². The number of benzene rings is 3. The quantitative estimate of drug-likeness (QED) is 0.692. The smallest absolute Gasteiger partial charge is 0.258 e. The first-order valence-corrected chi connectivity index (χ1v) is 9.08. The van der Waals surface area contributed by atoms with Gasteiger partial charge in [0.1, 0.15) is 5.82 Å². The normalized spacial score (nSPS) is 10.4. The topological polar surface area (TPSA) is 49.4 Å². The molecule has 2 amide bonds. The summed E-state index contributed by atoms with van der Waals surface area (Å²) in [5.41, 5.74) is 1.98. The number of nitrogens with zero attached hydrogens (tertiary/aromatic N) is 1. The number of halogens is 1. The average Bonchev–Trinajstić information content (AvgIpc) is 2.74. The second-order valence-corrected chi connectivity index (χ2v) is 6.24. The molecule has 3 rings (SSSR count). The number of anilines is 1. The van der Waals surface area contributed by atoms with Crippen LogP contribution in [0.4, 0.5) is 10.1 Å². The van der Waals surface area contributed by atoms with Gasteiger partial charge in [-0.1, -0.05) is 42.5 Å². The Balaban J connectivity index is 1.75. The molecule has 0 heterocycles. The number of nitrogens with one attached hydrogen (secondary N) is 1. The van der Waals surface area contributed by atoms with Crippen molar-refractivity contribution in [1.29, 1.82) is 0 Å². The van der Waals surface area contributed by atoms with Crippen molar-refractivity contribution in [3.63, 3.8) is 0 Å². The van der Waals surface area contributed by atoms with Crippen molar-refractivity contribution in [2.45, 2.75) is 13.5 Å². The van der Waals surface area contributed by atoms with Crippen molar-refractivity contribution in [3.8, 4) is 0 Å². The first kappa shape index (κ1) is 19.3. The fourth-order valence-corrected chi connectivity index (χ4v) is 2.92. The maximum atomic E-state index is 13.7. The first-order chi connectivity index (χ1) is 13.6. The van der Waals surface area contributed by atoms with Crippen LogP contribution in [0.3, 0.4) is 0 Å². The highest BCUT2D eigenvalue weighted by Gasteiger charge is 2.17. The zero-order valence-electron chi connectivity index (χ0n) is 15.6. The van der Waals surface area contributed by atoms with E-state index in [1.165, 1.54) is 6.07 Å². The molecule has 0 fully saturated rings. The van der Waals surface area contributed by atoms with Gasteiger partial charge in [0.15, 0.2) is 0 Å². The zero-order chi connectivity index (χ0) is 19.9. The number of carbonyl (C=O) groups excluding carboxylic acids is 2. The monoisotopic (exact) mass is 376 g/mol. The summed E-state index contributed by atoms with van der Waals surface area (Å²) in [6, 6.07) is 22.2. The van der Waals surface area contributed by atoms with E-state index in [0.717, 1.165) is 5.69 Å². The van der Waals surface area contributed by atoms with Crippen LogP contribution in [0.5, 0.6) is 0 Å². The largest absolute Gasteiger partial charge is 0.348 e. The molecule has 142 valence electrons. The molecule has 0 saturated heterocycles. The maximum Gasteiger partial charge on any atom is 0.258 e. The zero-order valence-corrected chi connectivity index (χ0v) is 15.6. The summed E-state index contributed by atoms with van der Waals surface area (Å²) < 4.78 is 13.7. The molecule has 0 bridgehead atoms. The van der Waals surface area contributed by atoms with Crippen LogP contribution in [-0.4, -0.2) is 18.4 Å². The fourth-order valence-electron chi connectivity index (χ4n) is 2.92. The Bertz CT molecular complexity index is 973. The van der Waals surface area contributed by atoms with Crippen LogP contribution >= 0.6 is 0 Å². The Hall–Kier alpha value is -3.47. The van der Waals surface area contributed by atoms with Crippen molar-refractivity contribution in [2.24, 2.45) is 0 Å². The van der Waals surface area contributed by atoms with Crippen LogP contribution in [0, 0.1) is 5.82 Å². The number of amides is 2. The van der Waals surface area contributed by atoms with E-state index in [1.54, 1.807) is 47.4 Å². The fraction of sp³-hybridized carbons (Fsp3) is 0.130. The third-order valence-corrected chi connectivity index (χ3v) is 4.40. The minimum absolute atomic E-state index is 0.0782. The van der Waals surface area contributed by atoms with Gasteiger partial charge in [0.25, 0.3) is 11.8 Å². The van der Waals surface area contributed by atoms with Gasteiger partial charge in [-0.15, -0.1) is 0 Å². The van der Waals surface area contributed by atoms with Crippen LogP contribution in [0.1, 0.15) is 33.2 Å². The van der Waals surface area contributed by atoms with Gasteiger partial charge < -0.3 is 10.2 Å². The van der Waals surface area contributed by atoms with Crippen molar-refractivity contribution in [1.82, 2.24) is 5.32 Å². The van der Waals surface area contributed by atoms with Crippen LogP contribution in [0.25, 0.3) is 0 Å². The molecule has 28 heavy (non-hydrogen) atoms. The van der Waals surface area contributed by atoms with E-state index in [4.69, 9.17) is 0 Å². The Labute approximate surface area is 163 Å². The van der Waals surface area contributed by atoms with Gasteiger partial charge >= 0.3 is 0 Å². The number of hydrogen-bond acceptors (Lipinski definition) is 2. The number of rotatable bonds is 6. The molecule has 4 nitrogen and oxygen atoms in total. The summed E-state index contributed by atoms with van der Waals surface area (Å²) in [6.07, 6.45) is 0. The Morgan fingerprint density at radius 3 is 2.29 bits per heavy atom. The van der Waals surface area contributed by atoms with Gasteiger partial charge in [-0.25, -0.2) is 4.39 Å².